The number of hydrogen-bond acceptors (Lipinski definition) is 5. The van der Waals surface area contributed by atoms with Crippen LogP contribution in [-0.2, 0) is 6.54 Å². The second kappa shape index (κ2) is 5.60. The lowest BCUT2D eigenvalue weighted by Gasteiger charge is -2.06. The summed E-state index contributed by atoms with van der Waals surface area (Å²) in [4.78, 5) is 22.2. The van der Waals surface area contributed by atoms with Crippen LogP contribution in [0.2, 0.25) is 0 Å². The van der Waals surface area contributed by atoms with Crippen LogP contribution < -0.4 is 10.9 Å². The van der Waals surface area contributed by atoms with Gasteiger partial charge in [0.05, 0.1) is 0 Å². The molecule has 6 heteroatoms. The lowest BCUT2D eigenvalue weighted by Crippen LogP contribution is -2.08. The molecule has 0 aliphatic carbocycles. The minimum Gasteiger partial charge on any atom is -0.316 e. The first-order valence-corrected chi connectivity index (χ1v) is 5.93. The van der Waals surface area contributed by atoms with Gasteiger partial charge in [-0.3, -0.25) is 4.79 Å². The molecule has 0 aliphatic heterocycles. The fourth-order valence-electron chi connectivity index (χ4n) is 1.34. The second-order valence-corrected chi connectivity index (χ2v) is 4.32. The molecule has 17 heavy (non-hydrogen) atoms. The number of aromatic amines is 1. The summed E-state index contributed by atoms with van der Waals surface area (Å²) in [5.74, 6) is 0. The largest absolute Gasteiger partial charge is 0.316 e. The number of nitrogens with one attached hydrogen (secondary N) is 2. The van der Waals surface area contributed by atoms with Crippen molar-refractivity contribution in [3.63, 3.8) is 0 Å². The Morgan fingerprint density at radius 3 is 3.00 bits per heavy atom. The van der Waals surface area contributed by atoms with Crippen LogP contribution in [0.15, 0.2) is 45.6 Å². The van der Waals surface area contributed by atoms with Crippen LogP contribution in [0.1, 0.15) is 5.56 Å². The molecule has 2 rings (SSSR count). The van der Waals surface area contributed by atoms with E-state index in [9.17, 15) is 4.79 Å². The molecule has 0 bridgehead atoms. The molecule has 5 nitrogen and oxygen atoms in total. The highest BCUT2D eigenvalue weighted by Crippen LogP contribution is 2.24. The highest BCUT2D eigenvalue weighted by atomic mass is 32.2. The van der Waals surface area contributed by atoms with Crippen molar-refractivity contribution in [2.45, 2.75) is 16.7 Å². The third-order valence-corrected chi connectivity index (χ3v) is 3.02. The van der Waals surface area contributed by atoms with E-state index in [4.69, 9.17) is 0 Å². The standard InChI is InChI=1S/C11H12N4OS/c1-12-7-8-3-2-5-13-10(8)17-11-14-6-4-9(16)15-11/h2-6,12H,7H2,1H3,(H,14,15,16). The SMILES string of the molecule is CNCc1cccnc1Sc1nccc(=O)[nH]1. The maximum absolute atomic E-state index is 11.1. The highest BCUT2D eigenvalue weighted by molar-refractivity contribution is 7.99. The average molecular weight is 248 g/mol. The molecule has 0 unspecified atom stereocenters. The zero-order valence-corrected chi connectivity index (χ0v) is 10.1. The quantitative estimate of drug-likeness (QED) is 0.791. The molecule has 2 aromatic rings. The third-order valence-electron chi connectivity index (χ3n) is 2.06. The van der Waals surface area contributed by atoms with Crippen LogP contribution in [0, 0.1) is 0 Å². The first-order chi connectivity index (χ1) is 8.29. The molecule has 0 radical (unpaired) electrons. The van der Waals surface area contributed by atoms with Gasteiger partial charge in [0.25, 0.3) is 5.56 Å². The molecule has 2 aromatic heterocycles. The van der Waals surface area contributed by atoms with Crippen molar-refractivity contribution >= 4 is 11.8 Å². The summed E-state index contributed by atoms with van der Waals surface area (Å²) in [6, 6.07) is 5.27. The molecule has 0 spiro atoms. The second-order valence-electron chi connectivity index (χ2n) is 3.34. The van der Waals surface area contributed by atoms with Crippen LogP contribution in [0.5, 0.6) is 0 Å². The Morgan fingerprint density at radius 2 is 2.24 bits per heavy atom. The molecule has 2 heterocycles. The molecule has 0 fully saturated rings. The molecular weight excluding hydrogens is 236 g/mol. The van der Waals surface area contributed by atoms with Gasteiger partial charge < -0.3 is 10.3 Å². The Labute approximate surface area is 103 Å². The lowest BCUT2D eigenvalue weighted by molar-refractivity contribution is 0.788. The van der Waals surface area contributed by atoms with Crippen molar-refractivity contribution in [3.05, 3.63) is 46.5 Å². The van der Waals surface area contributed by atoms with Gasteiger partial charge in [0, 0.05) is 25.0 Å². The molecule has 2 N–H and O–H groups in total. The molecule has 88 valence electrons. The molecule has 0 aliphatic rings. The first-order valence-electron chi connectivity index (χ1n) is 5.11. The third kappa shape index (κ3) is 3.15. The van der Waals surface area contributed by atoms with Crippen molar-refractivity contribution in [2.75, 3.05) is 7.05 Å². The van der Waals surface area contributed by atoms with Crippen LogP contribution in [0.3, 0.4) is 0 Å². The topological polar surface area (TPSA) is 70.7 Å². The average Bonchev–Trinajstić information content (AvgIpc) is 2.32. The summed E-state index contributed by atoms with van der Waals surface area (Å²) < 4.78 is 0. The van der Waals surface area contributed by atoms with Gasteiger partial charge in [0.15, 0.2) is 5.16 Å². The Morgan fingerprint density at radius 1 is 1.35 bits per heavy atom. The van der Waals surface area contributed by atoms with E-state index in [0.29, 0.717) is 5.16 Å². The summed E-state index contributed by atoms with van der Waals surface area (Å²) in [6.07, 6.45) is 3.21. The van der Waals surface area contributed by atoms with Crippen molar-refractivity contribution in [2.24, 2.45) is 0 Å². The van der Waals surface area contributed by atoms with Crippen molar-refractivity contribution in [1.29, 1.82) is 0 Å². The van der Waals surface area contributed by atoms with Crippen molar-refractivity contribution < 1.29 is 0 Å². The van der Waals surface area contributed by atoms with Gasteiger partial charge in [0.2, 0.25) is 0 Å². The van der Waals surface area contributed by atoms with E-state index < -0.39 is 0 Å². The fourth-order valence-corrected chi connectivity index (χ4v) is 2.17. The summed E-state index contributed by atoms with van der Waals surface area (Å²) in [5.41, 5.74) is 0.917. The minimum absolute atomic E-state index is 0.159. The number of rotatable bonds is 4. The van der Waals surface area contributed by atoms with Gasteiger partial charge in [-0.15, -0.1) is 0 Å². The zero-order chi connectivity index (χ0) is 12.1. The van der Waals surface area contributed by atoms with E-state index in [2.05, 4.69) is 20.3 Å². The maximum Gasteiger partial charge on any atom is 0.251 e. The predicted octanol–water partition coefficient (Wildman–Crippen LogP) is 1.04. The summed E-state index contributed by atoms with van der Waals surface area (Å²) in [7, 11) is 1.88. The Balaban J connectivity index is 2.26. The normalized spacial score (nSPS) is 10.4. The summed E-state index contributed by atoms with van der Waals surface area (Å²) >= 11 is 1.35. The van der Waals surface area contributed by atoms with E-state index in [1.807, 2.05) is 19.2 Å². The van der Waals surface area contributed by atoms with Crippen LogP contribution in [0.25, 0.3) is 0 Å². The van der Waals surface area contributed by atoms with Crippen LogP contribution in [0.4, 0.5) is 0 Å². The van der Waals surface area contributed by atoms with Gasteiger partial charge in [-0.05, 0) is 30.4 Å². The number of H-pyrrole nitrogens is 1. The highest BCUT2D eigenvalue weighted by Gasteiger charge is 2.06. The number of hydrogen-bond donors (Lipinski definition) is 2. The van der Waals surface area contributed by atoms with Gasteiger partial charge in [-0.2, -0.15) is 0 Å². The first kappa shape index (κ1) is 11.8. The van der Waals surface area contributed by atoms with E-state index in [-0.39, 0.29) is 5.56 Å². The molecular formula is C11H12N4OS. The monoisotopic (exact) mass is 248 g/mol. The summed E-state index contributed by atoms with van der Waals surface area (Å²) in [6.45, 7) is 0.729. The smallest absolute Gasteiger partial charge is 0.251 e. The van der Waals surface area contributed by atoms with Gasteiger partial charge in [-0.25, -0.2) is 9.97 Å². The van der Waals surface area contributed by atoms with Gasteiger partial charge in [-0.1, -0.05) is 6.07 Å². The summed E-state index contributed by atoms with van der Waals surface area (Å²) in [5, 5.41) is 4.47. The van der Waals surface area contributed by atoms with E-state index in [0.717, 1.165) is 17.1 Å². The Kier molecular flexibility index (Phi) is 3.89. The van der Waals surface area contributed by atoms with Crippen molar-refractivity contribution in [1.82, 2.24) is 20.3 Å². The Bertz CT molecular complexity index is 555. The van der Waals surface area contributed by atoms with Crippen molar-refractivity contribution in [3.8, 4) is 0 Å². The maximum atomic E-state index is 11.1. The Hall–Kier alpha value is -1.66. The van der Waals surface area contributed by atoms with E-state index in [1.54, 1.807) is 6.20 Å². The van der Waals surface area contributed by atoms with E-state index >= 15 is 0 Å². The zero-order valence-electron chi connectivity index (χ0n) is 9.30. The van der Waals surface area contributed by atoms with E-state index in [1.165, 1.54) is 24.0 Å². The predicted molar refractivity (Wildman–Crippen MR) is 66.0 cm³/mol. The number of nitrogens with zero attached hydrogens (tertiary/aromatic N) is 2. The lowest BCUT2D eigenvalue weighted by atomic mass is 10.3. The number of pyridine rings is 1. The van der Waals surface area contributed by atoms with Crippen LogP contribution >= 0.6 is 11.8 Å². The molecule has 0 saturated carbocycles. The minimum atomic E-state index is -0.159. The number of aromatic nitrogens is 3. The molecule has 0 aromatic carbocycles. The molecule has 0 atom stereocenters. The fraction of sp³-hybridized carbons (Fsp3) is 0.182. The molecule has 0 amide bonds. The molecule has 0 saturated heterocycles. The van der Waals surface area contributed by atoms with Crippen LogP contribution in [-0.4, -0.2) is 22.0 Å². The van der Waals surface area contributed by atoms with Gasteiger partial charge in [0.1, 0.15) is 5.03 Å². The van der Waals surface area contributed by atoms with Gasteiger partial charge >= 0.3 is 0 Å².